The SMILES string of the molecule is Cc1ccc(N2C(=O)/C(=C/c3ccc(Sc4nc5ccc([N+](=O)[O-])cc5s4)o3)C(=O)NC2=S)cc1Cl. The van der Waals surface area contributed by atoms with E-state index in [2.05, 4.69) is 10.3 Å². The van der Waals surface area contributed by atoms with Gasteiger partial charge in [0, 0.05) is 17.2 Å². The molecule has 1 N–H and O–H groups in total. The number of nitro groups is 1. The molecule has 1 saturated heterocycles. The minimum atomic E-state index is -0.641. The van der Waals surface area contributed by atoms with Crippen molar-refractivity contribution in [1.82, 2.24) is 10.3 Å². The van der Waals surface area contributed by atoms with E-state index in [9.17, 15) is 19.7 Å². The summed E-state index contributed by atoms with van der Waals surface area (Å²) in [4.78, 5) is 41.9. The maximum absolute atomic E-state index is 13.2. The summed E-state index contributed by atoms with van der Waals surface area (Å²) < 4.78 is 7.09. The number of hydrogen-bond donors (Lipinski definition) is 1. The first-order valence-corrected chi connectivity index (χ1v) is 12.6. The number of aromatic nitrogens is 1. The standard InChI is InChI=1S/C23H13ClN4O5S3/c1-11-2-3-12(8-16(11)24)27-21(30)15(20(29)26-22(27)34)10-14-5-7-19(33-14)36-23-25-17-6-4-13(28(31)32)9-18(17)35-23/h2-10H,1H3,(H,26,29,34)/b15-10+. The molecule has 2 aromatic heterocycles. The van der Waals surface area contributed by atoms with E-state index >= 15 is 0 Å². The Labute approximate surface area is 221 Å². The number of furan rings is 1. The Balaban J connectivity index is 1.39. The third-order valence-electron chi connectivity index (χ3n) is 5.16. The first-order chi connectivity index (χ1) is 17.2. The van der Waals surface area contributed by atoms with E-state index in [1.807, 2.05) is 6.92 Å². The predicted molar refractivity (Wildman–Crippen MR) is 141 cm³/mol. The topological polar surface area (TPSA) is 119 Å². The zero-order valence-corrected chi connectivity index (χ0v) is 21.4. The van der Waals surface area contributed by atoms with Crippen molar-refractivity contribution in [3.8, 4) is 0 Å². The van der Waals surface area contributed by atoms with Crippen LogP contribution in [0.3, 0.4) is 0 Å². The largest absolute Gasteiger partial charge is 0.450 e. The molecule has 1 aliphatic heterocycles. The molecule has 0 saturated carbocycles. The highest BCUT2D eigenvalue weighted by atomic mass is 35.5. The van der Waals surface area contributed by atoms with Gasteiger partial charge in [-0.3, -0.25) is 29.9 Å². The van der Waals surface area contributed by atoms with E-state index in [0.717, 1.165) is 5.56 Å². The van der Waals surface area contributed by atoms with Gasteiger partial charge in [-0.25, -0.2) is 4.98 Å². The van der Waals surface area contributed by atoms with E-state index < -0.39 is 16.7 Å². The van der Waals surface area contributed by atoms with Gasteiger partial charge in [0.05, 0.1) is 20.8 Å². The number of benzene rings is 2. The van der Waals surface area contributed by atoms with E-state index in [1.54, 1.807) is 36.4 Å². The number of anilines is 1. The Morgan fingerprint density at radius 1 is 1.22 bits per heavy atom. The van der Waals surface area contributed by atoms with Crippen LogP contribution in [-0.4, -0.2) is 26.8 Å². The number of aryl methyl sites for hydroxylation is 1. The molecule has 0 bridgehead atoms. The van der Waals surface area contributed by atoms with Crippen LogP contribution in [0.15, 0.2) is 68.0 Å². The number of carbonyl (C=O) groups is 2. The second-order valence-electron chi connectivity index (χ2n) is 7.54. The summed E-state index contributed by atoms with van der Waals surface area (Å²) in [5, 5.41) is 14.4. The number of nitro benzene ring substituents is 1. The summed E-state index contributed by atoms with van der Waals surface area (Å²) in [6.45, 7) is 1.83. The zero-order chi connectivity index (χ0) is 25.6. The quantitative estimate of drug-likeness (QED) is 0.109. The molecule has 1 fully saturated rings. The highest BCUT2D eigenvalue weighted by molar-refractivity contribution is 8.01. The Morgan fingerprint density at radius 2 is 2.03 bits per heavy atom. The lowest BCUT2D eigenvalue weighted by atomic mass is 10.1. The molecule has 9 nitrogen and oxygen atoms in total. The lowest BCUT2D eigenvalue weighted by Gasteiger charge is -2.29. The number of thiazole rings is 1. The molecule has 0 unspecified atom stereocenters. The normalized spacial score (nSPS) is 15.1. The summed E-state index contributed by atoms with van der Waals surface area (Å²) in [5.41, 5.74) is 1.74. The van der Waals surface area contributed by atoms with Gasteiger partial charge in [-0.05, 0) is 72.9 Å². The molecule has 0 atom stereocenters. The molecule has 1 aliphatic rings. The van der Waals surface area contributed by atoms with Crippen molar-refractivity contribution in [2.45, 2.75) is 16.4 Å². The molecular weight excluding hydrogens is 544 g/mol. The summed E-state index contributed by atoms with van der Waals surface area (Å²) in [5.74, 6) is -0.970. The molecule has 0 radical (unpaired) electrons. The van der Waals surface area contributed by atoms with Crippen LogP contribution in [0.2, 0.25) is 5.02 Å². The van der Waals surface area contributed by atoms with Crippen LogP contribution < -0.4 is 10.2 Å². The van der Waals surface area contributed by atoms with E-state index in [1.165, 1.54) is 46.2 Å². The number of nitrogens with zero attached hydrogens (tertiary/aromatic N) is 3. The van der Waals surface area contributed by atoms with E-state index in [-0.39, 0.29) is 22.1 Å². The Bertz CT molecular complexity index is 1630. The Kier molecular flexibility index (Phi) is 6.35. The molecule has 13 heteroatoms. The fourth-order valence-corrected chi connectivity index (χ4v) is 5.82. The highest BCUT2D eigenvalue weighted by Gasteiger charge is 2.35. The van der Waals surface area contributed by atoms with Crippen LogP contribution >= 0.6 is 46.9 Å². The Morgan fingerprint density at radius 3 is 2.78 bits per heavy atom. The van der Waals surface area contributed by atoms with Gasteiger partial charge in [-0.1, -0.05) is 17.7 Å². The van der Waals surface area contributed by atoms with Gasteiger partial charge in [0.25, 0.3) is 17.5 Å². The van der Waals surface area contributed by atoms with Crippen LogP contribution in [0.4, 0.5) is 11.4 Å². The fourth-order valence-electron chi connectivity index (χ4n) is 3.36. The number of amides is 2. The van der Waals surface area contributed by atoms with Gasteiger partial charge in [0.2, 0.25) is 0 Å². The van der Waals surface area contributed by atoms with Crippen LogP contribution in [0.25, 0.3) is 16.3 Å². The molecule has 180 valence electrons. The number of fused-ring (bicyclic) bond motifs is 1. The monoisotopic (exact) mass is 556 g/mol. The van der Waals surface area contributed by atoms with Crippen LogP contribution in [0.1, 0.15) is 11.3 Å². The number of carbonyl (C=O) groups excluding carboxylic acids is 2. The van der Waals surface area contributed by atoms with E-state index in [0.29, 0.717) is 30.4 Å². The van der Waals surface area contributed by atoms with Crippen molar-refractivity contribution >= 4 is 91.5 Å². The second kappa shape index (κ2) is 9.47. The number of hydrogen-bond acceptors (Lipinski definition) is 9. The Hall–Kier alpha value is -3.58. The molecule has 3 heterocycles. The minimum Gasteiger partial charge on any atom is -0.450 e. The number of non-ortho nitro benzene ring substituents is 1. The van der Waals surface area contributed by atoms with Crippen molar-refractivity contribution in [3.05, 3.63) is 80.6 Å². The van der Waals surface area contributed by atoms with Crippen molar-refractivity contribution in [3.63, 3.8) is 0 Å². The van der Waals surface area contributed by atoms with Gasteiger partial charge in [-0.15, -0.1) is 11.3 Å². The summed E-state index contributed by atoms with van der Waals surface area (Å²) in [7, 11) is 0. The van der Waals surface area contributed by atoms with Crippen LogP contribution in [0.5, 0.6) is 0 Å². The van der Waals surface area contributed by atoms with Crippen molar-refractivity contribution < 1.29 is 18.9 Å². The van der Waals surface area contributed by atoms with Crippen molar-refractivity contribution in [2.24, 2.45) is 0 Å². The number of halogens is 1. The maximum atomic E-state index is 13.2. The first-order valence-electron chi connectivity index (χ1n) is 10.2. The van der Waals surface area contributed by atoms with Gasteiger partial charge >= 0.3 is 0 Å². The van der Waals surface area contributed by atoms with Gasteiger partial charge < -0.3 is 4.42 Å². The molecule has 4 aromatic rings. The minimum absolute atomic E-state index is 0.00790. The van der Waals surface area contributed by atoms with Crippen LogP contribution in [-0.2, 0) is 9.59 Å². The fraction of sp³-hybridized carbons (Fsp3) is 0.0435. The average molecular weight is 557 g/mol. The van der Waals surface area contributed by atoms with E-state index in [4.69, 9.17) is 28.2 Å². The highest BCUT2D eigenvalue weighted by Crippen LogP contribution is 2.37. The lowest BCUT2D eigenvalue weighted by molar-refractivity contribution is -0.384. The van der Waals surface area contributed by atoms with Gasteiger partial charge in [0.1, 0.15) is 11.3 Å². The predicted octanol–water partition coefficient (Wildman–Crippen LogP) is 5.74. The third kappa shape index (κ3) is 4.63. The lowest BCUT2D eigenvalue weighted by Crippen LogP contribution is -2.54. The number of thiocarbonyl (C=S) groups is 1. The second-order valence-corrected chi connectivity index (χ2v) is 10.6. The molecule has 36 heavy (non-hydrogen) atoms. The average Bonchev–Trinajstić information content (AvgIpc) is 3.44. The molecule has 0 spiro atoms. The number of nitrogens with one attached hydrogen (secondary N) is 1. The molecule has 0 aliphatic carbocycles. The maximum Gasteiger partial charge on any atom is 0.270 e. The van der Waals surface area contributed by atoms with Crippen molar-refractivity contribution in [2.75, 3.05) is 4.90 Å². The number of rotatable bonds is 5. The zero-order valence-electron chi connectivity index (χ0n) is 18.2. The molecular formula is C23H13ClN4O5S3. The summed E-state index contributed by atoms with van der Waals surface area (Å²) in [6, 6.07) is 12.8. The van der Waals surface area contributed by atoms with Crippen molar-refractivity contribution in [1.29, 1.82) is 0 Å². The van der Waals surface area contributed by atoms with Crippen LogP contribution in [0, 0.1) is 17.0 Å². The smallest absolute Gasteiger partial charge is 0.270 e. The third-order valence-corrected chi connectivity index (χ3v) is 7.85. The summed E-state index contributed by atoms with van der Waals surface area (Å²) >= 11 is 13.9. The molecule has 2 amide bonds. The summed E-state index contributed by atoms with van der Waals surface area (Å²) in [6.07, 6.45) is 1.34. The molecule has 2 aromatic carbocycles. The van der Waals surface area contributed by atoms with Gasteiger partial charge in [-0.2, -0.15) is 0 Å². The van der Waals surface area contributed by atoms with Gasteiger partial charge in [0.15, 0.2) is 14.5 Å². The molecule has 5 rings (SSSR count). The first kappa shape index (κ1) is 24.1.